The standard InChI is InChI=1S/C16H24N2S/c1-12-8-9-18(13(2)10-12)15(11-16(17)19)14-6-4-3-5-7-14/h3-7,12-13,15H,8-11H2,1-2H3,(H2,17,19). The molecule has 1 saturated heterocycles. The third-order valence-corrected chi connectivity index (χ3v) is 4.34. The third-order valence-electron chi connectivity index (χ3n) is 4.17. The van der Waals surface area contributed by atoms with Crippen LogP contribution in [0.4, 0.5) is 0 Å². The molecule has 0 amide bonds. The summed E-state index contributed by atoms with van der Waals surface area (Å²) in [5.41, 5.74) is 7.15. The fourth-order valence-corrected chi connectivity index (χ4v) is 3.34. The Balaban J connectivity index is 2.20. The van der Waals surface area contributed by atoms with E-state index in [2.05, 4.69) is 49.1 Å². The number of rotatable bonds is 4. The Labute approximate surface area is 122 Å². The minimum atomic E-state index is 0.334. The van der Waals surface area contributed by atoms with Gasteiger partial charge in [-0.1, -0.05) is 49.5 Å². The van der Waals surface area contributed by atoms with Gasteiger partial charge in [0, 0.05) is 18.5 Å². The van der Waals surface area contributed by atoms with Gasteiger partial charge in [-0.25, -0.2) is 0 Å². The number of likely N-dealkylation sites (tertiary alicyclic amines) is 1. The lowest BCUT2D eigenvalue weighted by Crippen LogP contribution is -2.43. The van der Waals surface area contributed by atoms with Gasteiger partial charge in [-0.05, 0) is 37.8 Å². The van der Waals surface area contributed by atoms with Gasteiger partial charge in [-0.15, -0.1) is 0 Å². The van der Waals surface area contributed by atoms with Gasteiger partial charge < -0.3 is 5.73 Å². The van der Waals surface area contributed by atoms with Crippen molar-refractivity contribution in [3.05, 3.63) is 35.9 Å². The highest BCUT2D eigenvalue weighted by atomic mass is 32.1. The highest BCUT2D eigenvalue weighted by Crippen LogP contribution is 2.32. The number of nitrogens with two attached hydrogens (primary N) is 1. The highest BCUT2D eigenvalue weighted by molar-refractivity contribution is 7.80. The van der Waals surface area contributed by atoms with Crippen molar-refractivity contribution in [2.75, 3.05) is 6.54 Å². The molecule has 0 spiro atoms. The molecule has 1 aromatic carbocycles. The second-order valence-electron chi connectivity index (χ2n) is 5.81. The molecule has 0 aromatic heterocycles. The van der Waals surface area contributed by atoms with Gasteiger partial charge in [-0.2, -0.15) is 0 Å². The van der Waals surface area contributed by atoms with Gasteiger partial charge in [0.05, 0.1) is 4.99 Å². The number of hydrogen-bond donors (Lipinski definition) is 1. The van der Waals surface area contributed by atoms with Gasteiger partial charge in [0.2, 0.25) is 0 Å². The molecule has 19 heavy (non-hydrogen) atoms. The number of thiocarbonyl (C=S) groups is 1. The summed E-state index contributed by atoms with van der Waals surface area (Å²) < 4.78 is 0. The van der Waals surface area contributed by atoms with Gasteiger partial charge in [0.15, 0.2) is 0 Å². The Bertz CT molecular complexity index is 418. The molecular formula is C16H24N2S. The Morgan fingerprint density at radius 3 is 2.63 bits per heavy atom. The van der Waals surface area contributed by atoms with Crippen LogP contribution in [0, 0.1) is 5.92 Å². The van der Waals surface area contributed by atoms with Crippen molar-refractivity contribution in [1.82, 2.24) is 4.90 Å². The normalized spacial score (nSPS) is 26.0. The molecule has 1 aliphatic heterocycles. The van der Waals surface area contributed by atoms with Gasteiger partial charge in [0.1, 0.15) is 0 Å². The van der Waals surface area contributed by atoms with E-state index in [-0.39, 0.29) is 0 Å². The summed E-state index contributed by atoms with van der Waals surface area (Å²) in [6.45, 7) is 5.81. The van der Waals surface area contributed by atoms with Crippen molar-refractivity contribution >= 4 is 17.2 Å². The zero-order chi connectivity index (χ0) is 13.8. The van der Waals surface area contributed by atoms with Crippen LogP contribution in [0.3, 0.4) is 0 Å². The first kappa shape index (κ1) is 14.5. The van der Waals surface area contributed by atoms with Gasteiger partial charge in [-0.3, -0.25) is 4.90 Å². The molecule has 3 unspecified atom stereocenters. The molecule has 3 heteroatoms. The maximum Gasteiger partial charge on any atom is 0.0746 e. The molecule has 1 aromatic rings. The molecule has 2 rings (SSSR count). The van der Waals surface area contributed by atoms with E-state index < -0.39 is 0 Å². The van der Waals surface area contributed by atoms with E-state index in [0.717, 1.165) is 18.9 Å². The molecule has 3 atom stereocenters. The molecule has 1 fully saturated rings. The minimum Gasteiger partial charge on any atom is -0.393 e. The molecule has 1 heterocycles. The van der Waals surface area contributed by atoms with E-state index in [1.165, 1.54) is 18.4 Å². The quantitative estimate of drug-likeness (QED) is 0.853. The summed E-state index contributed by atoms with van der Waals surface area (Å²) in [6, 6.07) is 11.6. The number of benzene rings is 1. The summed E-state index contributed by atoms with van der Waals surface area (Å²) >= 11 is 5.15. The molecule has 104 valence electrons. The van der Waals surface area contributed by atoms with E-state index in [1.54, 1.807) is 0 Å². The zero-order valence-electron chi connectivity index (χ0n) is 11.9. The van der Waals surface area contributed by atoms with E-state index in [4.69, 9.17) is 18.0 Å². The SMILES string of the molecule is CC1CCN(C(CC(N)=S)c2ccccc2)C(C)C1. The predicted molar refractivity (Wildman–Crippen MR) is 85.2 cm³/mol. The molecule has 0 saturated carbocycles. The largest absolute Gasteiger partial charge is 0.393 e. The molecule has 2 N–H and O–H groups in total. The van der Waals surface area contributed by atoms with Crippen LogP contribution in [-0.4, -0.2) is 22.5 Å². The Morgan fingerprint density at radius 2 is 2.05 bits per heavy atom. The fourth-order valence-electron chi connectivity index (χ4n) is 3.18. The second-order valence-corrected chi connectivity index (χ2v) is 6.34. The van der Waals surface area contributed by atoms with Crippen LogP contribution >= 0.6 is 12.2 Å². The second kappa shape index (κ2) is 6.49. The van der Waals surface area contributed by atoms with Crippen molar-refractivity contribution in [3.63, 3.8) is 0 Å². The number of nitrogens with zero attached hydrogens (tertiary/aromatic N) is 1. The van der Waals surface area contributed by atoms with Crippen molar-refractivity contribution in [2.24, 2.45) is 11.7 Å². The maximum atomic E-state index is 5.81. The minimum absolute atomic E-state index is 0.334. The van der Waals surface area contributed by atoms with Crippen LogP contribution in [0.1, 0.15) is 44.7 Å². The first-order valence-electron chi connectivity index (χ1n) is 7.17. The molecule has 2 nitrogen and oxygen atoms in total. The summed E-state index contributed by atoms with van der Waals surface area (Å²) in [7, 11) is 0. The molecule has 0 bridgehead atoms. The van der Waals surface area contributed by atoms with Crippen LogP contribution < -0.4 is 5.73 Å². The Morgan fingerprint density at radius 1 is 1.37 bits per heavy atom. The lowest BCUT2D eigenvalue weighted by atomic mass is 9.90. The monoisotopic (exact) mass is 276 g/mol. The van der Waals surface area contributed by atoms with E-state index in [9.17, 15) is 0 Å². The third kappa shape index (κ3) is 3.77. The fraction of sp³-hybridized carbons (Fsp3) is 0.562. The van der Waals surface area contributed by atoms with Crippen LogP contribution in [-0.2, 0) is 0 Å². The van der Waals surface area contributed by atoms with Crippen molar-refractivity contribution < 1.29 is 0 Å². The smallest absolute Gasteiger partial charge is 0.0746 e. The average molecular weight is 276 g/mol. The topological polar surface area (TPSA) is 29.3 Å². The van der Waals surface area contributed by atoms with Gasteiger partial charge in [0.25, 0.3) is 0 Å². The summed E-state index contributed by atoms with van der Waals surface area (Å²) in [5, 5.41) is 0. The van der Waals surface area contributed by atoms with Crippen LogP contribution in [0.5, 0.6) is 0 Å². The van der Waals surface area contributed by atoms with Crippen molar-refractivity contribution in [3.8, 4) is 0 Å². The number of piperidine rings is 1. The first-order chi connectivity index (χ1) is 9.08. The lowest BCUT2D eigenvalue weighted by molar-refractivity contribution is 0.0843. The molecular weight excluding hydrogens is 252 g/mol. The highest BCUT2D eigenvalue weighted by Gasteiger charge is 2.29. The van der Waals surface area contributed by atoms with E-state index >= 15 is 0 Å². The van der Waals surface area contributed by atoms with Crippen LogP contribution in [0.2, 0.25) is 0 Å². The average Bonchev–Trinajstić information content (AvgIpc) is 2.37. The molecule has 0 radical (unpaired) electrons. The van der Waals surface area contributed by atoms with Crippen LogP contribution in [0.25, 0.3) is 0 Å². The molecule has 1 aliphatic rings. The van der Waals surface area contributed by atoms with E-state index in [1.807, 2.05) is 0 Å². The summed E-state index contributed by atoms with van der Waals surface area (Å²) in [5.74, 6) is 0.826. The maximum absolute atomic E-state index is 5.81. The van der Waals surface area contributed by atoms with Gasteiger partial charge >= 0.3 is 0 Å². The predicted octanol–water partition coefficient (Wildman–Crippen LogP) is 3.52. The first-order valence-corrected chi connectivity index (χ1v) is 7.57. The van der Waals surface area contributed by atoms with Crippen molar-refractivity contribution in [1.29, 1.82) is 0 Å². The zero-order valence-corrected chi connectivity index (χ0v) is 12.7. The summed E-state index contributed by atoms with van der Waals surface area (Å²) in [4.78, 5) is 3.19. The number of hydrogen-bond acceptors (Lipinski definition) is 2. The van der Waals surface area contributed by atoms with Crippen LogP contribution in [0.15, 0.2) is 30.3 Å². The van der Waals surface area contributed by atoms with Crippen molar-refractivity contribution in [2.45, 2.75) is 45.2 Å². The van der Waals surface area contributed by atoms with E-state index in [0.29, 0.717) is 17.1 Å². The Hall–Kier alpha value is -0.930. The lowest BCUT2D eigenvalue weighted by Gasteiger charge is -2.42. The Kier molecular flexibility index (Phi) is 4.94. The molecule has 0 aliphatic carbocycles. The summed E-state index contributed by atoms with van der Waals surface area (Å²) in [6.07, 6.45) is 3.31.